The molecular weight excluding hydrogens is 166 g/mol. The van der Waals surface area contributed by atoms with Crippen LogP contribution in [0.3, 0.4) is 0 Å². The SMILES string of the molecule is CCNC(=O)NC(C)C(C)(F)F. The van der Waals surface area contributed by atoms with E-state index in [-0.39, 0.29) is 0 Å². The van der Waals surface area contributed by atoms with Crippen LogP contribution in [-0.4, -0.2) is 24.5 Å². The van der Waals surface area contributed by atoms with E-state index in [1.54, 1.807) is 6.92 Å². The molecule has 0 saturated carbocycles. The van der Waals surface area contributed by atoms with E-state index in [1.807, 2.05) is 0 Å². The van der Waals surface area contributed by atoms with Crippen LogP contribution in [0, 0.1) is 0 Å². The zero-order chi connectivity index (χ0) is 9.78. The zero-order valence-electron chi connectivity index (χ0n) is 7.45. The Morgan fingerprint density at radius 3 is 2.42 bits per heavy atom. The molecule has 0 saturated heterocycles. The van der Waals surface area contributed by atoms with E-state index >= 15 is 0 Å². The Hall–Kier alpha value is -0.870. The van der Waals surface area contributed by atoms with Crippen molar-refractivity contribution in [3.63, 3.8) is 0 Å². The molecule has 0 rings (SSSR count). The van der Waals surface area contributed by atoms with Gasteiger partial charge in [0.25, 0.3) is 5.92 Å². The van der Waals surface area contributed by atoms with Crippen LogP contribution in [0.1, 0.15) is 20.8 Å². The maximum Gasteiger partial charge on any atom is 0.315 e. The summed E-state index contributed by atoms with van der Waals surface area (Å²) < 4.78 is 24.9. The normalized spacial score (nSPS) is 13.8. The summed E-state index contributed by atoms with van der Waals surface area (Å²) in [5.41, 5.74) is 0. The fourth-order valence-electron chi connectivity index (χ4n) is 0.535. The molecule has 0 heterocycles. The molecule has 2 N–H and O–H groups in total. The van der Waals surface area contributed by atoms with Gasteiger partial charge >= 0.3 is 6.03 Å². The molecule has 0 spiro atoms. The van der Waals surface area contributed by atoms with Gasteiger partial charge in [0.05, 0.1) is 6.04 Å². The Morgan fingerprint density at radius 2 is 2.08 bits per heavy atom. The Labute approximate surface area is 70.5 Å². The molecule has 0 aromatic heterocycles. The largest absolute Gasteiger partial charge is 0.338 e. The molecule has 5 heteroatoms. The molecule has 1 atom stereocenters. The van der Waals surface area contributed by atoms with E-state index in [2.05, 4.69) is 10.6 Å². The highest BCUT2D eigenvalue weighted by atomic mass is 19.3. The van der Waals surface area contributed by atoms with Gasteiger partial charge in [0.1, 0.15) is 0 Å². The molecule has 72 valence electrons. The van der Waals surface area contributed by atoms with Gasteiger partial charge in [-0.3, -0.25) is 0 Å². The second-order valence-corrected chi connectivity index (χ2v) is 2.68. The van der Waals surface area contributed by atoms with Crippen LogP contribution in [0.15, 0.2) is 0 Å². The Morgan fingerprint density at radius 1 is 1.58 bits per heavy atom. The monoisotopic (exact) mass is 180 g/mol. The maximum atomic E-state index is 12.5. The number of hydrogen-bond donors (Lipinski definition) is 2. The highest BCUT2D eigenvalue weighted by molar-refractivity contribution is 5.74. The third kappa shape index (κ3) is 4.10. The van der Waals surface area contributed by atoms with Crippen molar-refractivity contribution in [3.8, 4) is 0 Å². The Balaban J connectivity index is 3.84. The first-order valence-corrected chi connectivity index (χ1v) is 3.80. The minimum Gasteiger partial charge on any atom is -0.338 e. The third-order valence-electron chi connectivity index (χ3n) is 1.45. The van der Waals surface area contributed by atoms with E-state index in [1.165, 1.54) is 6.92 Å². The first kappa shape index (κ1) is 11.1. The maximum absolute atomic E-state index is 12.5. The number of rotatable bonds is 3. The van der Waals surface area contributed by atoms with Crippen molar-refractivity contribution in [2.45, 2.75) is 32.7 Å². The van der Waals surface area contributed by atoms with Gasteiger partial charge in [-0.15, -0.1) is 0 Å². The van der Waals surface area contributed by atoms with E-state index in [9.17, 15) is 13.6 Å². The van der Waals surface area contributed by atoms with Gasteiger partial charge in [-0.2, -0.15) is 0 Å². The lowest BCUT2D eigenvalue weighted by molar-refractivity contribution is -0.00836. The van der Waals surface area contributed by atoms with Crippen molar-refractivity contribution in [1.29, 1.82) is 0 Å². The van der Waals surface area contributed by atoms with Gasteiger partial charge in [0.15, 0.2) is 0 Å². The van der Waals surface area contributed by atoms with E-state index in [0.29, 0.717) is 6.54 Å². The number of halogens is 2. The van der Waals surface area contributed by atoms with Gasteiger partial charge in [-0.25, -0.2) is 13.6 Å². The number of hydrogen-bond acceptors (Lipinski definition) is 1. The van der Waals surface area contributed by atoms with Crippen molar-refractivity contribution in [2.75, 3.05) is 6.54 Å². The lowest BCUT2D eigenvalue weighted by atomic mass is 10.2. The predicted octanol–water partition coefficient (Wildman–Crippen LogP) is 1.35. The first-order valence-electron chi connectivity index (χ1n) is 3.80. The van der Waals surface area contributed by atoms with Gasteiger partial charge in [-0.1, -0.05) is 0 Å². The highest BCUT2D eigenvalue weighted by Gasteiger charge is 2.30. The molecule has 0 radical (unpaired) electrons. The molecule has 0 aliphatic rings. The molecule has 0 aromatic carbocycles. The minimum absolute atomic E-state index is 0.424. The van der Waals surface area contributed by atoms with E-state index < -0.39 is 18.0 Å². The van der Waals surface area contributed by atoms with Crippen LogP contribution >= 0.6 is 0 Å². The van der Waals surface area contributed by atoms with Gasteiger partial charge in [0, 0.05) is 13.5 Å². The van der Waals surface area contributed by atoms with Crippen molar-refractivity contribution in [2.24, 2.45) is 0 Å². The van der Waals surface area contributed by atoms with E-state index in [4.69, 9.17) is 0 Å². The van der Waals surface area contributed by atoms with Crippen LogP contribution in [0.4, 0.5) is 13.6 Å². The third-order valence-corrected chi connectivity index (χ3v) is 1.45. The van der Waals surface area contributed by atoms with Gasteiger partial charge in [0.2, 0.25) is 0 Å². The molecule has 1 unspecified atom stereocenters. The topological polar surface area (TPSA) is 41.1 Å². The van der Waals surface area contributed by atoms with Crippen LogP contribution in [0.5, 0.6) is 0 Å². The molecular formula is C7H14F2N2O. The van der Waals surface area contributed by atoms with Crippen LogP contribution in [0.2, 0.25) is 0 Å². The number of alkyl halides is 2. The summed E-state index contributed by atoms with van der Waals surface area (Å²) in [5.74, 6) is -2.88. The number of amides is 2. The van der Waals surface area contributed by atoms with Gasteiger partial charge < -0.3 is 10.6 Å². The molecule has 0 bridgehead atoms. The van der Waals surface area contributed by atoms with Crippen molar-refractivity contribution in [1.82, 2.24) is 10.6 Å². The summed E-state index contributed by atoms with van der Waals surface area (Å²) in [4.78, 5) is 10.7. The molecule has 0 fully saturated rings. The Bertz CT molecular complexity index is 156. The molecule has 0 aliphatic carbocycles. The molecule has 3 nitrogen and oxygen atoms in total. The molecule has 0 aromatic rings. The summed E-state index contributed by atoms with van der Waals surface area (Å²) >= 11 is 0. The zero-order valence-corrected chi connectivity index (χ0v) is 7.45. The summed E-state index contributed by atoms with van der Waals surface area (Å²) in [7, 11) is 0. The quantitative estimate of drug-likeness (QED) is 0.676. The van der Waals surface area contributed by atoms with Crippen molar-refractivity contribution >= 4 is 6.03 Å². The average Bonchev–Trinajstić information content (AvgIpc) is 1.85. The number of urea groups is 1. The lowest BCUT2D eigenvalue weighted by Gasteiger charge is -2.20. The van der Waals surface area contributed by atoms with Crippen LogP contribution < -0.4 is 10.6 Å². The van der Waals surface area contributed by atoms with Crippen LogP contribution in [-0.2, 0) is 0 Å². The molecule has 2 amide bonds. The number of carbonyl (C=O) groups excluding carboxylic acids is 1. The first-order chi connectivity index (χ1) is 5.38. The van der Waals surface area contributed by atoms with Gasteiger partial charge in [-0.05, 0) is 13.8 Å². The summed E-state index contributed by atoms with van der Waals surface area (Å²) in [6, 6.07) is -1.71. The average molecular weight is 180 g/mol. The number of nitrogens with one attached hydrogen (secondary N) is 2. The predicted molar refractivity (Wildman–Crippen MR) is 42.3 cm³/mol. The molecule has 12 heavy (non-hydrogen) atoms. The van der Waals surface area contributed by atoms with E-state index in [0.717, 1.165) is 6.92 Å². The summed E-state index contributed by atoms with van der Waals surface area (Å²) in [6.07, 6.45) is 0. The van der Waals surface area contributed by atoms with Crippen molar-refractivity contribution < 1.29 is 13.6 Å². The standard InChI is InChI=1S/C7H14F2N2O/c1-4-10-6(12)11-5(2)7(3,8)9/h5H,4H2,1-3H3,(H2,10,11,12). The smallest absolute Gasteiger partial charge is 0.315 e. The fourth-order valence-corrected chi connectivity index (χ4v) is 0.535. The fraction of sp³-hybridized carbons (Fsp3) is 0.857. The minimum atomic E-state index is -2.88. The summed E-state index contributed by atoms with van der Waals surface area (Å²) in [5, 5.41) is 4.49. The second kappa shape index (κ2) is 4.23. The highest BCUT2D eigenvalue weighted by Crippen LogP contribution is 2.16. The second-order valence-electron chi connectivity index (χ2n) is 2.68. The molecule has 0 aliphatic heterocycles. The Kier molecular flexibility index (Phi) is 3.92. The lowest BCUT2D eigenvalue weighted by Crippen LogP contribution is -2.48. The summed E-state index contributed by atoms with van der Waals surface area (Å²) in [6.45, 7) is 4.17. The van der Waals surface area contributed by atoms with Crippen LogP contribution in [0.25, 0.3) is 0 Å². The number of carbonyl (C=O) groups is 1. The van der Waals surface area contributed by atoms with Crippen molar-refractivity contribution in [3.05, 3.63) is 0 Å².